The number of likely N-dealkylation sites (N-methyl/N-ethyl adjacent to an activating group) is 1. The highest BCUT2D eigenvalue weighted by molar-refractivity contribution is 6.33. The van der Waals surface area contributed by atoms with Crippen LogP contribution < -0.4 is 36.5 Å². The molecule has 3 aromatic heterocycles. The van der Waals surface area contributed by atoms with Crippen molar-refractivity contribution < 1.29 is 19.1 Å². The van der Waals surface area contributed by atoms with Gasteiger partial charge in [0.15, 0.2) is 18.2 Å². The average molecular weight is 713 g/mol. The van der Waals surface area contributed by atoms with Crippen molar-refractivity contribution in [3.63, 3.8) is 0 Å². The molecule has 2 aliphatic heterocycles. The summed E-state index contributed by atoms with van der Waals surface area (Å²) in [4.78, 5) is 60.4. The Bertz CT molecular complexity index is 2250. The molecule has 0 saturated carbocycles. The fraction of sp³-hybridized carbons (Fsp3) is 0.343. The number of ether oxygens (including phenoxy) is 1. The molecular weight excluding hydrogens is 676 g/mol. The standard InChI is InChI=1S/C35H37ClN10O5/c1-37-29(48)18-51-27-15-19-14-20(9-11-26(19)44(2)34(27)50)40-32-24(36)17-39-35(42-32)46-13-5-6-21(46)16-38-25-8-4-7-22-30(43-45(3)31(22)25)23-10-12-28(47)41-33(23)49/h4,7-9,11,14-15,17,21,23,38H,5-6,10,12-13,16,18H2,1-3H3,(H,37,48)(H,39,40,42)(H,41,47,49)/t21-,23?/m0/s1. The van der Waals surface area contributed by atoms with Crippen molar-refractivity contribution in [2.45, 2.75) is 37.6 Å². The van der Waals surface area contributed by atoms with Crippen LogP contribution >= 0.6 is 11.6 Å². The van der Waals surface area contributed by atoms with Crippen LogP contribution in [0.25, 0.3) is 21.8 Å². The monoisotopic (exact) mass is 712 g/mol. The molecule has 2 saturated heterocycles. The summed E-state index contributed by atoms with van der Waals surface area (Å²) in [5.74, 6) is -0.350. The highest BCUT2D eigenvalue weighted by atomic mass is 35.5. The van der Waals surface area contributed by atoms with Crippen LogP contribution in [0.5, 0.6) is 5.75 Å². The predicted molar refractivity (Wildman–Crippen MR) is 194 cm³/mol. The number of benzene rings is 2. The van der Waals surface area contributed by atoms with Crippen LogP contribution in [0.4, 0.5) is 23.1 Å². The number of piperidine rings is 1. The number of rotatable bonds is 10. The van der Waals surface area contributed by atoms with E-state index in [1.807, 2.05) is 43.4 Å². The van der Waals surface area contributed by atoms with Crippen molar-refractivity contribution in [3.05, 3.63) is 69.7 Å². The first-order valence-electron chi connectivity index (χ1n) is 16.7. The Hall–Kier alpha value is -5.70. The number of anilines is 4. The van der Waals surface area contributed by atoms with Crippen LogP contribution in [0, 0.1) is 0 Å². The zero-order valence-corrected chi connectivity index (χ0v) is 29.1. The normalized spacial score (nSPS) is 17.5. The number of amides is 3. The second-order valence-corrected chi connectivity index (χ2v) is 13.1. The molecule has 0 aliphatic carbocycles. The predicted octanol–water partition coefficient (Wildman–Crippen LogP) is 3.34. The number of para-hydroxylation sites is 1. The topological polar surface area (TPSA) is 177 Å². The highest BCUT2D eigenvalue weighted by Crippen LogP contribution is 2.34. The molecule has 2 atom stereocenters. The fourth-order valence-electron chi connectivity index (χ4n) is 6.83. The summed E-state index contributed by atoms with van der Waals surface area (Å²) in [6.45, 7) is 1.11. The van der Waals surface area contributed by atoms with Crippen molar-refractivity contribution in [1.82, 2.24) is 34.9 Å². The molecular formula is C35H37ClN10O5. The van der Waals surface area contributed by atoms with E-state index in [0.29, 0.717) is 46.7 Å². The lowest BCUT2D eigenvalue weighted by Gasteiger charge is -2.26. The van der Waals surface area contributed by atoms with Gasteiger partial charge in [0.2, 0.25) is 17.8 Å². The van der Waals surface area contributed by atoms with Crippen LogP contribution in [0.1, 0.15) is 37.3 Å². The Morgan fingerprint density at radius 2 is 1.96 bits per heavy atom. The van der Waals surface area contributed by atoms with Crippen molar-refractivity contribution in [3.8, 4) is 5.75 Å². The summed E-state index contributed by atoms with van der Waals surface area (Å²) in [6.07, 6.45) is 4.19. The van der Waals surface area contributed by atoms with E-state index in [1.54, 1.807) is 24.0 Å². The van der Waals surface area contributed by atoms with Gasteiger partial charge in [0.1, 0.15) is 5.02 Å². The van der Waals surface area contributed by atoms with Crippen molar-refractivity contribution in [1.29, 1.82) is 0 Å². The van der Waals surface area contributed by atoms with E-state index >= 15 is 0 Å². The smallest absolute Gasteiger partial charge is 0.293 e. The minimum Gasteiger partial charge on any atom is -0.478 e. The first kappa shape index (κ1) is 33.8. The molecule has 1 unspecified atom stereocenters. The lowest BCUT2D eigenvalue weighted by atomic mass is 9.92. The van der Waals surface area contributed by atoms with E-state index < -0.39 is 5.92 Å². The number of carbonyl (C=O) groups is 3. The molecule has 15 nitrogen and oxygen atoms in total. The van der Waals surface area contributed by atoms with Crippen molar-refractivity contribution in [2.24, 2.45) is 14.1 Å². The minimum atomic E-state index is -0.480. The number of aromatic nitrogens is 5. The van der Waals surface area contributed by atoms with Crippen LogP contribution in [0.15, 0.2) is 53.5 Å². The Labute approximate surface area is 297 Å². The molecule has 0 spiro atoms. The van der Waals surface area contributed by atoms with Gasteiger partial charge >= 0.3 is 0 Å². The molecule has 2 fully saturated rings. The van der Waals surface area contributed by atoms with Crippen LogP contribution in [-0.2, 0) is 28.5 Å². The average Bonchev–Trinajstić information content (AvgIpc) is 3.73. The SMILES string of the molecule is CNC(=O)COc1cc2cc(Nc3nc(N4CCC[C@H]4CNc4cccc5c(C6CCC(=O)NC6=O)nn(C)c45)ncc3Cl)ccc2n(C)c1=O. The second-order valence-electron chi connectivity index (χ2n) is 12.7. The molecule has 7 rings (SSSR count). The third kappa shape index (κ3) is 6.64. The van der Waals surface area contributed by atoms with E-state index in [1.165, 1.54) is 11.6 Å². The lowest BCUT2D eigenvalue weighted by molar-refractivity contribution is -0.134. The highest BCUT2D eigenvalue weighted by Gasteiger charge is 2.32. The van der Waals surface area contributed by atoms with Crippen LogP contribution in [0.3, 0.4) is 0 Å². The van der Waals surface area contributed by atoms with E-state index in [2.05, 4.69) is 31.2 Å². The molecule has 5 aromatic rings. The summed E-state index contributed by atoms with van der Waals surface area (Å²) in [5.41, 5.74) is 3.47. The van der Waals surface area contributed by atoms with Gasteiger partial charge in [0.25, 0.3) is 11.5 Å². The number of pyridine rings is 1. The molecule has 51 heavy (non-hydrogen) atoms. The van der Waals surface area contributed by atoms with Gasteiger partial charge in [0, 0.05) is 63.2 Å². The number of hydrogen-bond acceptors (Lipinski definition) is 11. The van der Waals surface area contributed by atoms with E-state index in [-0.39, 0.29) is 48.1 Å². The van der Waals surface area contributed by atoms with Gasteiger partial charge in [-0.05, 0) is 49.6 Å². The first-order valence-corrected chi connectivity index (χ1v) is 17.1. The number of aryl methyl sites for hydroxylation is 2. The summed E-state index contributed by atoms with van der Waals surface area (Å²) >= 11 is 6.58. The third-order valence-corrected chi connectivity index (χ3v) is 9.72. The van der Waals surface area contributed by atoms with Crippen molar-refractivity contribution >= 4 is 74.3 Å². The lowest BCUT2D eigenvalue weighted by Crippen LogP contribution is -2.39. The zero-order chi connectivity index (χ0) is 35.8. The zero-order valence-electron chi connectivity index (χ0n) is 28.3. The number of nitrogens with zero attached hydrogens (tertiary/aromatic N) is 6. The second kappa shape index (κ2) is 13.9. The van der Waals surface area contributed by atoms with Gasteiger partial charge < -0.3 is 30.2 Å². The molecule has 0 bridgehead atoms. The molecule has 0 radical (unpaired) electrons. The van der Waals surface area contributed by atoms with E-state index in [0.717, 1.165) is 41.4 Å². The summed E-state index contributed by atoms with van der Waals surface area (Å²) in [7, 11) is 5.01. The molecule has 2 aliphatic rings. The summed E-state index contributed by atoms with van der Waals surface area (Å²) in [6, 6.07) is 13.1. The molecule has 3 amide bonds. The number of halogens is 1. The maximum absolute atomic E-state index is 12.8. The molecule has 5 heterocycles. The van der Waals surface area contributed by atoms with E-state index in [9.17, 15) is 19.2 Å². The van der Waals surface area contributed by atoms with Gasteiger partial charge in [-0.2, -0.15) is 10.1 Å². The van der Waals surface area contributed by atoms with Crippen LogP contribution in [0.2, 0.25) is 5.02 Å². The molecule has 2 aromatic carbocycles. The van der Waals surface area contributed by atoms with Gasteiger partial charge in [-0.15, -0.1) is 0 Å². The number of nitrogens with one attached hydrogen (secondary N) is 4. The van der Waals surface area contributed by atoms with Gasteiger partial charge in [0.05, 0.1) is 34.5 Å². The number of carbonyl (C=O) groups excluding carboxylic acids is 3. The van der Waals surface area contributed by atoms with Gasteiger partial charge in [-0.25, -0.2) is 4.98 Å². The quantitative estimate of drug-likeness (QED) is 0.156. The Morgan fingerprint density at radius 1 is 1.12 bits per heavy atom. The van der Waals surface area contributed by atoms with Crippen molar-refractivity contribution in [2.75, 3.05) is 42.3 Å². The summed E-state index contributed by atoms with van der Waals surface area (Å²) in [5, 5.41) is 18.5. The number of hydrogen-bond donors (Lipinski definition) is 4. The van der Waals surface area contributed by atoms with Gasteiger partial charge in [-0.3, -0.25) is 29.2 Å². The Balaban J connectivity index is 1.09. The minimum absolute atomic E-state index is 0.0659. The van der Waals surface area contributed by atoms with E-state index in [4.69, 9.17) is 26.4 Å². The molecule has 4 N–H and O–H groups in total. The molecule has 264 valence electrons. The maximum Gasteiger partial charge on any atom is 0.293 e. The Kier molecular flexibility index (Phi) is 9.21. The third-order valence-electron chi connectivity index (χ3n) is 9.45. The number of fused-ring (bicyclic) bond motifs is 2. The largest absolute Gasteiger partial charge is 0.478 e. The fourth-order valence-corrected chi connectivity index (χ4v) is 6.97. The van der Waals surface area contributed by atoms with Gasteiger partial charge in [-0.1, -0.05) is 23.7 Å². The molecule has 16 heteroatoms. The van der Waals surface area contributed by atoms with Crippen LogP contribution in [-0.4, -0.2) is 74.8 Å². The first-order chi connectivity index (χ1) is 24.6. The summed E-state index contributed by atoms with van der Waals surface area (Å²) < 4.78 is 8.76. The Morgan fingerprint density at radius 3 is 2.76 bits per heavy atom. The maximum atomic E-state index is 12.8. The number of imide groups is 1.